The summed E-state index contributed by atoms with van der Waals surface area (Å²) in [7, 11) is 1.49. The predicted molar refractivity (Wildman–Crippen MR) is 100 cm³/mol. The molecule has 0 unspecified atom stereocenters. The van der Waals surface area contributed by atoms with Gasteiger partial charge in [0, 0.05) is 17.9 Å². The van der Waals surface area contributed by atoms with Crippen molar-refractivity contribution in [2.24, 2.45) is 0 Å². The van der Waals surface area contributed by atoms with Gasteiger partial charge in [0.2, 0.25) is 11.8 Å². The number of rotatable bonds is 2. The summed E-state index contributed by atoms with van der Waals surface area (Å²) in [5.74, 6) is 0.120. The number of ether oxygens (including phenoxy) is 1. The Hall–Kier alpha value is -3.65. The van der Waals surface area contributed by atoms with Gasteiger partial charge in [0.05, 0.1) is 18.1 Å². The minimum absolute atomic E-state index is 0.135. The normalized spacial score (nSPS) is 10.8. The molecule has 4 rings (SSSR count). The van der Waals surface area contributed by atoms with Gasteiger partial charge in [-0.3, -0.25) is 9.36 Å². The lowest BCUT2D eigenvalue weighted by Gasteiger charge is -2.12. The summed E-state index contributed by atoms with van der Waals surface area (Å²) in [6.07, 6.45) is 0. The maximum Gasteiger partial charge on any atom is 0.232 e. The fraction of sp³-hybridized carbons (Fsp3) is 0.0952. The van der Waals surface area contributed by atoms with E-state index in [2.05, 4.69) is 11.1 Å². The van der Waals surface area contributed by atoms with E-state index < -0.39 is 0 Å². The van der Waals surface area contributed by atoms with E-state index >= 15 is 0 Å². The SMILES string of the molecule is COc1nc2c3ccccc3n(C(C)=O)c2c(-c2ccccc2)c1C#N. The number of para-hydroxylation sites is 1. The van der Waals surface area contributed by atoms with Crippen molar-refractivity contribution in [1.82, 2.24) is 9.55 Å². The molecule has 0 aliphatic heterocycles. The Balaban J connectivity index is 2.34. The zero-order chi connectivity index (χ0) is 18.3. The number of hydrogen-bond donors (Lipinski definition) is 0. The van der Waals surface area contributed by atoms with Crippen molar-refractivity contribution in [3.05, 3.63) is 60.2 Å². The number of pyridine rings is 1. The van der Waals surface area contributed by atoms with Crippen molar-refractivity contribution in [3.8, 4) is 23.1 Å². The van der Waals surface area contributed by atoms with Crippen LogP contribution in [0.4, 0.5) is 0 Å². The topological polar surface area (TPSA) is 67.9 Å². The first-order valence-corrected chi connectivity index (χ1v) is 8.15. The summed E-state index contributed by atoms with van der Waals surface area (Å²) in [5.41, 5.74) is 3.84. The summed E-state index contributed by atoms with van der Waals surface area (Å²) in [6.45, 7) is 1.51. The molecule has 0 aliphatic carbocycles. The van der Waals surface area contributed by atoms with Gasteiger partial charge in [-0.05, 0) is 11.6 Å². The van der Waals surface area contributed by atoms with Crippen LogP contribution in [0.1, 0.15) is 17.3 Å². The largest absolute Gasteiger partial charge is 0.480 e. The lowest BCUT2D eigenvalue weighted by Crippen LogP contribution is -2.07. The zero-order valence-corrected chi connectivity index (χ0v) is 14.4. The maximum atomic E-state index is 12.5. The van der Waals surface area contributed by atoms with E-state index in [4.69, 9.17) is 4.74 Å². The van der Waals surface area contributed by atoms with Gasteiger partial charge in [0.25, 0.3) is 0 Å². The van der Waals surface area contributed by atoms with Crippen LogP contribution < -0.4 is 4.74 Å². The van der Waals surface area contributed by atoms with Crippen LogP contribution in [0.15, 0.2) is 54.6 Å². The number of hydrogen-bond acceptors (Lipinski definition) is 4. The Morgan fingerprint density at radius 3 is 2.46 bits per heavy atom. The molecular weight excluding hydrogens is 326 g/mol. The average molecular weight is 341 g/mol. The fourth-order valence-electron chi connectivity index (χ4n) is 3.41. The van der Waals surface area contributed by atoms with Gasteiger partial charge < -0.3 is 4.74 Å². The van der Waals surface area contributed by atoms with Gasteiger partial charge in [-0.2, -0.15) is 5.26 Å². The maximum absolute atomic E-state index is 12.5. The van der Waals surface area contributed by atoms with Crippen LogP contribution in [0.5, 0.6) is 5.88 Å². The predicted octanol–water partition coefficient (Wildman–Crippen LogP) is 4.40. The second-order valence-corrected chi connectivity index (χ2v) is 5.92. The van der Waals surface area contributed by atoms with Crippen molar-refractivity contribution in [2.75, 3.05) is 7.11 Å². The van der Waals surface area contributed by atoms with E-state index in [1.807, 2.05) is 54.6 Å². The van der Waals surface area contributed by atoms with Crippen molar-refractivity contribution >= 4 is 27.8 Å². The lowest BCUT2D eigenvalue weighted by molar-refractivity contribution is 0.0946. The van der Waals surface area contributed by atoms with Crippen LogP contribution in [0.2, 0.25) is 0 Å². The molecule has 2 aromatic heterocycles. The van der Waals surface area contributed by atoms with E-state index in [0.717, 1.165) is 16.5 Å². The molecule has 0 atom stereocenters. The summed E-state index contributed by atoms with van der Waals surface area (Å²) in [4.78, 5) is 17.1. The minimum atomic E-state index is -0.135. The van der Waals surface area contributed by atoms with Crippen LogP contribution in [-0.4, -0.2) is 22.6 Å². The van der Waals surface area contributed by atoms with Crippen LogP contribution in [0.25, 0.3) is 33.1 Å². The van der Waals surface area contributed by atoms with Crippen LogP contribution in [0, 0.1) is 11.3 Å². The van der Waals surface area contributed by atoms with Crippen molar-refractivity contribution in [2.45, 2.75) is 6.92 Å². The molecule has 0 amide bonds. The van der Waals surface area contributed by atoms with Crippen molar-refractivity contribution < 1.29 is 9.53 Å². The number of fused-ring (bicyclic) bond motifs is 3. The Kier molecular flexibility index (Phi) is 3.67. The number of carbonyl (C=O) groups excluding carboxylic acids is 1. The first kappa shape index (κ1) is 15.9. The molecule has 0 saturated heterocycles. The Morgan fingerprint density at radius 1 is 1.12 bits per heavy atom. The number of nitriles is 1. The molecule has 0 N–H and O–H groups in total. The highest BCUT2D eigenvalue weighted by molar-refractivity contribution is 6.16. The Labute approximate surface area is 150 Å². The zero-order valence-electron chi connectivity index (χ0n) is 14.4. The Morgan fingerprint density at radius 2 is 1.81 bits per heavy atom. The molecule has 0 saturated carbocycles. The molecule has 2 aromatic carbocycles. The molecule has 126 valence electrons. The first-order valence-electron chi connectivity index (χ1n) is 8.15. The lowest BCUT2D eigenvalue weighted by atomic mass is 9.99. The summed E-state index contributed by atoms with van der Waals surface area (Å²) in [6, 6.07) is 19.3. The molecule has 5 heteroatoms. The molecule has 5 nitrogen and oxygen atoms in total. The van der Waals surface area contributed by atoms with Crippen molar-refractivity contribution in [1.29, 1.82) is 5.26 Å². The molecule has 0 spiro atoms. The molecular formula is C21H15N3O2. The van der Waals surface area contributed by atoms with E-state index in [1.54, 1.807) is 4.57 Å². The number of benzene rings is 2. The highest BCUT2D eigenvalue weighted by atomic mass is 16.5. The molecule has 0 aliphatic rings. The highest BCUT2D eigenvalue weighted by Crippen LogP contribution is 2.40. The van der Waals surface area contributed by atoms with Gasteiger partial charge in [-0.15, -0.1) is 0 Å². The van der Waals surface area contributed by atoms with Gasteiger partial charge in [0.1, 0.15) is 17.1 Å². The van der Waals surface area contributed by atoms with Gasteiger partial charge in [0.15, 0.2) is 0 Å². The average Bonchev–Trinajstić information content (AvgIpc) is 3.01. The summed E-state index contributed by atoms with van der Waals surface area (Å²) >= 11 is 0. The first-order chi connectivity index (χ1) is 12.7. The molecule has 4 aromatic rings. The third kappa shape index (κ3) is 2.16. The van der Waals surface area contributed by atoms with Gasteiger partial charge in [-0.25, -0.2) is 4.98 Å². The molecule has 0 fully saturated rings. The molecule has 0 bridgehead atoms. The van der Waals surface area contributed by atoms with Crippen LogP contribution in [-0.2, 0) is 0 Å². The quantitative estimate of drug-likeness (QED) is 0.542. The number of nitrogens with zero attached hydrogens (tertiary/aromatic N) is 3. The number of carbonyl (C=O) groups is 1. The van der Waals surface area contributed by atoms with Crippen molar-refractivity contribution in [3.63, 3.8) is 0 Å². The number of methoxy groups -OCH3 is 1. The smallest absolute Gasteiger partial charge is 0.232 e. The monoisotopic (exact) mass is 341 g/mol. The van der Waals surface area contributed by atoms with Gasteiger partial charge >= 0.3 is 0 Å². The van der Waals surface area contributed by atoms with E-state index in [9.17, 15) is 10.1 Å². The summed E-state index contributed by atoms with van der Waals surface area (Å²) < 4.78 is 7.02. The summed E-state index contributed by atoms with van der Waals surface area (Å²) in [5, 5.41) is 10.6. The molecule has 26 heavy (non-hydrogen) atoms. The molecule has 0 radical (unpaired) electrons. The fourth-order valence-corrected chi connectivity index (χ4v) is 3.41. The Bertz CT molecular complexity index is 1200. The van der Waals surface area contributed by atoms with Crippen LogP contribution >= 0.6 is 0 Å². The number of aromatic nitrogens is 2. The van der Waals surface area contributed by atoms with E-state index in [0.29, 0.717) is 22.2 Å². The highest BCUT2D eigenvalue weighted by Gasteiger charge is 2.24. The van der Waals surface area contributed by atoms with Gasteiger partial charge in [-0.1, -0.05) is 48.5 Å². The third-order valence-corrected chi connectivity index (χ3v) is 4.44. The molecule has 2 heterocycles. The standard InChI is InChI=1S/C21H15N3O2/c1-13(25)24-17-11-7-6-10-15(17)19-20(24)18(14-8-4-3-5-9-14)16(12-22)21(23-19)26-2/h3-11H,1-2H3. The van der Waals surface area contributed by atoms with E-state index in [-0.39, 0.29) is 11.8 Å². The van der Waals surface area contributed by atoms with Crippen LogP contribution in [0.3, 0.4) is 0 Å². The second-order valence-electron chi connectivity index (χ2n) is 5.92. The minimum Gasteiger partial charge on any atom is -0.480 e. The second kappa shape index (κ2) is 6.01. The van der Waals surface area contributed by atoms with E-state index in [1.165, 1.54) is 14.0 Å². The third-order valence-electron chi connectivity index (χ3n) is 4.44.